The van der Waals surface area contributed by atoms with Crippen LogP contribution >= 0.6 is 0 Å². The number of rotatable bonds is 5. The quantitative estimate of drug-likeness (QED) is 0.629. The van der Waals surface area contributed by atoms with E-state index in [1.807, 2.05) is 36.4 Å². The summed E-state index contributed by atoms with van der Waals surface area (Å²) in [6.07, 6.45) is 0.509. The van der Waals surface area contributed by atoms with Gasteiger partial charge in [-0.15, -0.1) is 0 Å². The number of carbonyl (C=O) groups excluding carboxylic acids is 1. The van der Waals surface area contributed by atoms with E-state index in [1.54, 1.807) is 12.1 Å². The summed E-state index contributed by atoms with van der Waals surface area (Å²) < 4.78 is 4.88. The number of esters is 1. The minimum atomic E-state index is -0.509. The maximum atomic E-state index is 12.0. The van der Waals surface area contributed by atoms with Gasteiger partial charge in [0.05, 0.1) is 18.1 Å². The number of hydrogen-bond donors (Lipinski definition) is 3. The molecule has 0 fully saturated rings. The van der Waals surface area contributed by atoms with E-state index < -0.39 is 6.04 Å². The fourth-order valence-corrected chi connectivity index (χ4v) is 2.51. The number of methoxy groups -OCH3 is 1. The van der Waals surface area contributed by atoms with E-state index in [0.717, 1.165) is 16.8 Å². The molecule has 1 atom stereocenters. The third kappa shape index (κ3) is 3.42. The Balaban J connectivity index is 1.84. The Morgan fingerprint density at radius 2 is 1.87 bits per heavy atom. The van der Waals surface area contributed by atoms with E-state index in [4.69, 9.17) is 4.74 Å². The van der Waals surface area contributed by atoms with Crippen LogP contribution in [0.15, 0.2) is 53.3 Å². The highest BCUT2D eigenvalue weighted by molar-refractivity contribution is 5.83. The summed E-state index contributed by atoms with van der Waals surface area (Å²) in [7, 11) is 1.37. The number of carbonyl (C=O) groups is 1. The van der Waals surface area contributed by atoms with Crippen molar-refractivity contribution in [2.75, 3.05) is 12.4 Å². The highest BCUT2D eigenvalue weighted by Crippen LogP contribution is 2.17. The van der Waals surface area contributed by atoms with Crippen molar-refractivity contribution >= 4 is 22.7 Å². The van der Waals surface area contributed by atoms with Gasteiger partial charge in [-0.05, 0) is 23.8 Å². The summed E-state index contributed by atoms with van der Waals surface area (Å²) in [5.41, 5.74) is 2.91. The predicted octanol–water partition coefficient (Wildman–Crippen LogP) is 2.05. The smallest absolute Gasteiger partial charge is 0.328 e. The van der Waals surface area contributed by atoms with E-state index in [-0.39, 0.29) is 11.7 Å². The van der Waals surface area contributed by atoms with Crippen molar-refractivity contribution in [3.05, 3.63) is 64.6 Å². The first-order valence-corrected chi connectivity index (χ1v) is 7.26. The van der Waals surface area contributed by atoms with Crippen LogP contribution in [-0.2, 0) is 16.0 Å². The second kappa shape index (κ2) is 6.39. The molecule has 0 aliphatic heterocycles. The molecule has 3 N–H and O–H groups in total. The first-order valence-electron chi connectivity index (χ1n) is 7.26. The molecule has 0 bridgehead atoms. The number of hydrogen-bond acceptors (Lipinski definition) is 4. The first-order chi connectivity index (χ1) is 11.2. The van der Waals surface area contributed by atoms with Gasteiger partial charge in [-0.3, -0.25) is 0 Å². The number of benzene rings is 2. The summed E-state index contributed by atoms with van der Waals surface area (Å²) in [4.78, 5) is 28.7. The van der Waals surface area contributed by atoms with Crippen LogP contribution in [0.1, 0.15) is 5.56 Å². The molecule has 1 aromatic heterocycles. The van der Waals surface area contributed by atoms with Crippen molar-refractivity contribution in [3.8, 4) is 0 Å². The summed E-state index contributed by atoms with van der Waals surface area (Å²) in [5.74, 6) is -0.337. The van der Waals surface area contributed by atoms with E-state index in [1.165, 1.54) is 7.11 Å². The van der Waals surface area contributed by atoms with Gasteiger partial charge in [-0.2, -0.15) is 0 Å². The third-order valence-electron chi connectivity index (χ3n) is 3.63. The Kier molecular flexibility index (Phi) is 4.14. The standard InChI is InChI=1S/C17H17N3O3/c1-23-16(21)15(9-11-5-3-2-4-6-11)18-12-7-8-13-14(10-12)20-17(22)19-13/h2-8,10,15,18H,9H2,1H3,(H2,19,20,22)/t15-/m0/s1. The lowest BCUT2D eigenvalue weighted by molar-refractivity contribution is -0.141. The van der Waals surface area contributed by atoms with Gasteiger partial charge in [-0.1, -0.05) is 30.3 Å². The highest BCUT2D eigenvalue weighted by Gasteiger charge is 2.19. The van der Waals surface area contributed by atoms with E-state index >= 15 is 0 Å². The molecular formula is C17H17N3O3. The maximum Gasteiger partial charge on any atom is 0.328 e. The maximum absolute atomic E-state index is 12.0. The van der Waals surface area contributed by atoms with Crippen molar-refractivity contribution in [1.29, 1.82) is 0 Å². The van der Waals surface area contributed by atoms with Crippen LogP contribution in [0.4, 0.5) is 5.69 Å². The largest absolute Gasteiger partial charge is 0.467 e. The number of imidazole rings is 1. The minimum absolute atomic E-state index is 0.258. The number of ether oxygens (including phenoxy) is 1. The lowest BCUT2D eigenvalue weighted by atomic mass is 10.1. The molecular weight excluding hydrogens is 294 g/mol. The lowest BCUT2D eigenvalue weighted by Crippen LogP contribution is -2.32. The fourth-order valence-electron chi connectivity index (χ4n) is 2.51. The van der Waals surface area contributed by atoms with Crippen LogP contribution in [0.25, 0.3) is 11.0 Å². The molecule has 23 heavy (non-hydrogen) atoms. The molecule has 6 heteroatoms. The fraction of sp³-hybridized carbons (Fsp3) is 0.176. The molecule has 0 aliphatic carbocycles. The topological polar surface area (TPSA) is 87.0 Å². The Morgan fingerprint density at radius 1 is 1.13 bits per heavy atom. The summed E-state index contributed by atoms with van der Waals surface area (Å²) >= 11 is 0. The molecule has 0 amide bonds. The zero-order chi connectivity index (χ0) is 16.2. The van der Waals surface area contributed by atoms with Gasteiger partial charge in [0.15, 0.2) is 0 Å². The Labute approximate surface area is 132 Å². The Hall–Kier alpha value is -3.02. The number of aromatic amines is 2. The SMILES string of the molecule is COC(=O)[C@H](Cc1ccccc1)Nc1ccc2[nH]c(=O)[nH]c2c1. The average Bonchev–Trinajstić information content (AvgIpc) is 2.93. The van der Waals surface area contributed by atoms with Crippen molar-refractivity contribution in [1.82, 2.24) is 9.97 Å². The zero-order valence-electron chi connectivity index (χ0n) is 12.6. The van der Waals surface area contributed by atoms with Crippen LogP contribution in [0, 0.1) is 0 Å². The molecule has 3 aromatic rings. The third-order valence-corrected chi connectivity index (χ3v) is 3.63. The Bertz CT molecular complexity index is 867. The number of H-pyrrole nitrogens is 2. The molecule has 0 saturated heterocycles. The zero-order valence-corrected chi connectivity index (χ0v) is 12.6. The van der Waals surface area contributed by atoms with Gasteiger partial charge in [0.25, 0.3) is 0 Å². The van der Waals surface area contributed by atoms with Crippen molar-refractivity contribution in [2.45, 2.75) is 12.5 Å². The molecule has 1 heterocycles. The summed E-state index contributed by atoms with van der Waals surface area (Å²) in [6.45, 7) is 0. The van der Waals surface area contributed by atoms with E-state index in [0.29, 0.717) is 11.9 Å². The molecule has 6 nitrogen and oxygen atoms in total. The van der Waals surface area contributed by atoms with Crippen LogP contribution in [0.3, 0.4) is 0 Å². The second-order valence-electron chi connectivity index (χ2n) is 5.25. The molecule has 2 aromatic carbocycles. The number of fused-ring (bicyclic) bond motifs is 1. The molecule has 0 radical (unpaired) electrons. The Morgan fingerprint density at radius 3 is 2.61 bits per heavy atom. The van der Waals surface area contributed by atoms with Gasteiger partial charge in [-0.25, -0.2) is 9.59 Å². The van der Waals surface area contributed by atoms with Gasteiger partial charge >= 0.3 is 11.7 Å². The van der Waals surface area contributed by atoms with Gasteiger partial charge in [0.1, 0.15) is 6.04 Å². The van der Waals surface area contributed by atoms with E-state index in [9.17, 15) is 9.59 Å². The summed E-state index contributed by atoms with van der Waals surface area (Å²) in [5, 5.41) is 3.17. The monoisotopic (exact) mass is 311 g/mol. The highest BCUT2D eigenvalue weighted by atomic mass is 16.5. The first kappa shape index (κ1) is 14.9. The molecule has 118 valence electrons. The van der Waals surface area contributed by atoms with Crippen LogP contribution in [-0.4, -0.2) is 29.1 Å². The van der Waals surface area contributed by atoms with Crippen molar-refractivity contribution < 1.29 is 9.53 Å². The minimum Gasteiger partial charge on any atom is -0.467 e. The van der Waals surface area contributed by atoms with Gasteiger partial charge in [0, 0.05) is 12.1 Å². The number of anilines is 1. The second-order valence-corrected chi connectivity index (χ2v) is 5.25. The normalized spacial score (nSPS) is 12.0. The molecule has 0 aliphatic rings. The average molecular weight is 311 g/mol. The van der Waals surface area contributed by atoms with Crippen LogP contribution < -0.4 is 11.0 Å². The molecule has 0 spiro atoms. The summed E-state index contributed by atoms with van der Waals surface area (Å²) in [6, 6.07) is 14.6. The van der Waals surface area contributed by atoms with Crippen molar-refractivity contribution in [3.63, 3.8) is 0 Å². The predicted molar refractivity (Wildman–Crippen MR) is 88.5 cm³/mol. The lowest BCUT2D eigenvalue weighted by Gasteiger charge is -2.18. The van der Waals surface area contributed by atoms with Gasteiger partial charge in [0.2, 0.25) is 0 Å². The molecule has 0 unspecified atom stereocenters. The van der Waals surface area contributed by atoms with Crippen LogP contribution in [0.2, 0.25) is 0 Å². The number of aromatic nitrogens is 2. The number of nitrogens with one attached hydrogen (secondary N) is 3. The molecule has 0 saturated carbocycles. The van der Waals surface area contributed by atoms with Crippen molar-refractivity contribution in [2.24, 2.45) is 0 Å². The van der Waals surface area contributed by atoms with Gasteiger partial charge < -0.3 is 20.0 Å². The van der Waals surface area contributed by atoms with Crippen LogP contribution in [0.5, 0.6) is 0 Å². The molecule has 3 rings (SSSR count). The van der Waals surface area contributed by atoms with E-state index in [2.05, 4.69) is 15.3 Å².